The lowest BCUT2D eigenvalue weighted by Gasteiger charge is -2.18. The molecule has 0 spiro atoms. The van der Waals surface area contributed by atoms with Gasteiger partial charge in [-0.15, -0.1) is 0 Å². The molecule has 0 radical (unpaired) electrons. The lowest BCUT2D eigenvalue weighted by Crippen LogP contribution is -2.18. The minimum atomic E-state index is -0.720. The Labute approximate surface area is 135 Å². The molecule has 0 aromatic heterocycles. The van der Waals surface area contributed by atoms with Crippen LogP contribution in [0.25, 0.3) is 0 Å². The minimum absolute atomic E-state index is 0.0513. The van der Waals surface area contributed by atoms with Gasteiger partial charge in [0.2, 0.25) is 0 Å². The maximum Gasteiger partial charge on any atom is 0.306 e. The van der Waals surface area contributed by atoms with Crippen LogP contribution in [0.4, 0.5) is 0 Å². The van der Waals surface area contributed by atoms with Crippen molar-refractivity contribution >= 4 is 11.9 Å². The predicted molar refractivity (Wildman–Crippen MR) is 88.9 cm³/mol. The number of hydrogen-bond acceptors (Lipinski definition) is 3. The topological polar surface area (TPSA) is 63.6 Å². The van der Waals surface area contributed by atoms with Crippen LogP contribution in [0, 0.1) is 0 Å². The number of aliphatic carboxylic acids is 1. The third kappa shape index (κ3) is 13.9. The van der Waals surface area contributed by atoms with Gasteiger partial charge in [-0.1, -0.05) is 46.0 Å². The van der Waals surface area contributed by atoms with Crippen LogP contribution in [0.15, 0.2) is 0 Å². The second-order valence-electron chi connectivity index (χ2n) is 6.06. The number of rotatable bonds is 15. The first-order chi connectivity index (χ1) is 10.6. The summed E-state index contributed by atoms with van der Waals surface area (Å²) in [6.07, 6.45) is 12.0. The normalized spacial score (nSPS) is 12.1. The van der Waals surface area contributed by atoms with Crippen molar-refractivity contribution in [3.63, 3.8) is 0 Å². The molecule has 0 aromatic carbocycles. The van der Waals surface area contributed by atoms with E-state index in [2.05, 4.69) is 6.92 Å². The van der Waals surface area contributed by atoms with Gasteiger partial charge in [0.15, 0.2) is 0 Å². The number of carboxylic acid groups (broad SMARTS) is 1. The maximum atomic E-state index is 11.7. The number of ether oxygens (including phenoxy) is 1. The van der Waals surface area contributed by atoms with Crippen molar-refractivity contribution in [2.45, 2.75) is 103 Å². The van der Waals surface area contributed by atoms with Gasteiger partial charge in [0.05, 0.1) is 0 Å². The summed E-state index contributed by atoms with van der Waals surface area (Å²) in [6, 6.07) is 0. The first-order valence-corrected chi connectivity index (χ1v) is 9.01. The Bertz CT molecular complexity index is 289. The summed E-state index contributed by atoms with van der Waals surface area (Å²) in [7, 11) is 0. The summed E-state index contributed by atoms with van der Waals surface area (Å²) in [5.41, 5.74) is 0. The number of carbonyl (C=O) groups excluding carboxylic acids is 1. The van der Waals surface area contributed by atoms with E-state index in [1.165, 1.54) is 19.3 Å². The monoisotopic (exact) mass is 314 g/mol. The average molecular weight is 314 g/mol. The molecular formula is C18H34O4. The fourth-order valence-electron chi connectivity index (χ4n) is 2.51. The van der Waals surface area contributed by atoms with E-state index < -0.39 is 5.97 Å². The Balaban J connectivity index is 3.89. The minimum Gasteiger partial charge on any atom is -0.481 e. The molecule has 0 fully saturated rings. The van der Waals surface area contributed by atoms with Crippen LogP contribution in [0.3, 0.4) is 0 Å². The molecule has 4 nitrogen and oxygen atoms in total. The fraction of sp³-hybridized carbons (Fsp3) is 0.889. The molecule has 130 valence electrons. The molecular weight excluding hydrogens is 280 g/mol. The summed E-state index contributed by atoms with van der Waals surface area (Å²) < 4.78 is 5.58. The summed E-state index contributed by atoms with van der Waals surface area (Å²) in [4.78, 5) is 22.1. The van der Waals surface area contributed by atoms with Gasteiger partial charge in [-0.3, -0.25) is 9.59 Å². The number of unbranched alkanes of at least 4 members (excludes halogenated alkanes) is 6. The molecule has 0 aliphatic carbocycles. The van der Waals surface area contributed by atoms with Gasteiger partial charge < -0.3 is 9.84 Å². The number of carboxylic acids is 1. The molecule has 0 aromatic rings. The molecule has 0 rings (SSSR count). The second kappa shape index (κ2) is 14.9. The van der Waals surface area contributed by atoms with E-state index in [0.717, 1.165) is 51.4 Å². The average Bonchev–Trinajstić information content (AvgIpc) is 2.46. The van der Waals surface area contributed by atoms with Crippen molar-refractivity contribution < 1.29 is 19.4 Å². The highest BCUT2D eigenvalue weighted by atomic mass is 16.5. The van der Waals surface area contributed by atoms with E-state index in [9.17, 15) is 9.59 Å². The van der Waals surface area contributed by atoms with E-state index in [1.54, 1.807) is 0 Å². The first-order valence-electron chi connectivity index (χ1n) is 9.01. The van der Waals surface area contributed by atoms with Crippen LogP contribution in [0.2, 0.25) is 0 Å². The van der Waals surface area contributed by atoms with Gasteiger partial charge in [-0.05, 0) is 38.5 Å². The van der Waals surface area contributed by atoms with Crippen LogP contribution in [0.5, 0.6) is 0 Å². The molecule has 0 saturated heterocycles. The Hall–Kier alpha value is -1.06. The smallest absolute Gasteiger partial charge is 0.306 e. The molecule has 0 amide bonds. The maximum absolute atomic E-state index is 11.7. The van der Waals surface area contributed by atoms with Crippen molar-refractivity contribution in [3.8, 4) is 0 Å². The zero-order chi connectivity index (χ0) is 16.6. The molecule has 0 bridgehead atoms. The van der Waals surface area contributed by atoms with Gasteiger partial charge in [-0.25, -0.2) is 0 Å². The van der Waals surface area contributed by atoms with Crippen LogP contribution >= 0.6 is 0 Å². The van der Waals surface area contributed by atoms with E-state index in [1.807, 2.05) is 6.92 Å². The van der Waals surface area contributed by atoms with Crippen LogP contribution in [-0.4, -0.2) is 23.1 Å². The zero-order valence-corrected chi connectivity index (χ0v) is 14.4. The number of hydrogen-bond donors (Lipinski definition) is 1. The van der Waals surface area contributed by atoms with Gasteiger partial charge in [0.1, 0.15) is 6.10 Å². The summed E-state index contributed by atoms with van der Waals surface area (Å²) in [5.74, 6) is -0.795. The highest BCUT2D eigenvalue weighted by molar-refractivity contribution is 5.69. The van der Waals surface area contributed by atoms with E-state index in [-0.39, 0.29) is 18.5 Å². The molecule has 4 heteroatoms. The SMILES string of the molecule is CCCCCCC(CCCCCCC(=O)O)OC(=O)CCC. The van der Waals surface area contributed by atoms with Gasteiger partial charge in [0.25, 0.3) is 0 Å². The molecule has 1 unspecified atom stereocenters. The van der Waals surface area contributed by atoms with Gasteiger partial charge >= 0.3 is 11.9 Å². The standard InChI is InChI=1S/C18H34O4/c1-3-5-6-9-13-16(22-18(21)12-4-2)14-10-7-8-11-15-17(19)20/h16H,3-15H2,1-2H3,(H,19,20). The van der Waals surface area contributed by atoms with Crippen molar-refractivity contribution in [1.29, 1.82) is 0 Å². The van der Waals surface area contributed by atoms with Crippen molar-refractivity contribution in [3.05, 3.63) is 0 Å². The molecule has 0 saturated carbocycles. The quantitative estimate of drug-likeness (QED) is 0.337. The predicted octanol–water partition coefficient (Wildman–Crippen LogP) is 5.09. The molecule has 22 heavy (non-hydrogen) atoms. The third-order valence-corrected chi connectivity index (χ3v) is 3.80. The van der Waals surface area contributed by atoms with Crippen LogP contribution in [-0.2, 0) is 14.3 Å². The number of carbonyl (C=O) groups is 2. The van der Waals surface area contributed by atoms with Gasteiger partial charge in [-0.2, -0.15) is 0 Å². The van der Waals surface area contributed by atoms with Crippen molar-refractivity contribution in [2.24, 2.45) is 0 Å². The Morgan fingerprint density at radius 1 is 0.818 bits per heavy atom. The summed E-state index contributed by atoms with van der Waals surface area (Å²) in [5, 5.41) is 8.59. The molecule has 0 heterocycles. The van der Waals surface area contributed by atoms with Crippen molar-refractivity contribution in [1.82, 2.24) is 0 Å². The fourth-order valence-corrected chi connectivity index (χ4v) is 2.51. The highest BCUT2D eigenvalue weighted by Gasteiger charge is 2.13. The van der Waals surface area contributed by atoms with Crippen LogP contribution < -0.4 is 0 Å². The Kier molecular flexibility index (Phi) is 14.1. The zero-order valence-electron chi connectivity index (χ0n) is 14.4. The molecule has 0 aliphatic heterocycles. The highest BCUT2D eigenvalue weighted by Crippen LogP contribution is 2.16. The van der Waals surface area contributed by atoms with Crippen LogP contribution in [0.1, 0.15) is 97.3 Å². The van der Waals surface area contributed by atoms with E-state index >= 15 is 0 Å². The van der Waals surface area contributed by atoms with E-state index in [4.69, 9.17) is 9.84 Å². The van der Waals surface area contributed by atoms with Gasteiger partial charge in [0, 0.05) is 12.8 Å². The molecule has 1 N–H and O–H groups in total. The lowest BCUT2D eigenvalue weighted by molar-refractivity contribution is -0.150. The third-order valence-electron chi connectivity index (χ3n) is 3.80. The molecule has 1 atom stereocenters. The Morgan fingerprint density at radius 2 is 1.41 bits per heavy atom. The second-order valence-corrected chi connectivity index (χ2v) is 6.06. The lowest BCUT2D eigenvalue weighted by atomic mass is 10.0. The summed E-state index contributed by atoms with van der Waals surface area (Å²) in [6.45, 7) is 4.18. The largest absolute Gasteiger partial charge is 0.481 e. The Morgan fingerprint density at radius 3 is 1.95 bits per heavy atom. The first kappa shape index (κ1) is 20.9. The van der Waals surface area contributed by atoms with E-state index in [0.29, 0.717) is 6.42 Å². The summed E-state index contributed by atoms with van der Waals surface area (Å²) >= 11 is 0. The van der Waals surface area contributed by atoms with Crippen molar-refractivity contribution in [2.75, 3.05) is 0 Å². The molecule has 0 aliphatic rings. The number of esters is 1.